The zero-order chi connectivity index (χ0) is 17.5. The first kappa shape index (κ1) is 16.9. The van der Waals surface area contributed by atoms with Crippen molar-refractivity contribution in [1.82, 2.24) is 14.8 Å². The third kappa shape index (κ3) is 2.79. The number of allylic oxidation sites excluding steroid dienone is 2. The molecule has 3 rings (SSSR count). The van der Waals surface area contributed by atoms with Crippen molar-refractivity contribution in [3.63, 3.8) is 0 Å². The number of Topliss-reactive ketones (excluding diaryl/α,β-unsaturated/α-hetero) is 1. The summed E-state index contributed by atoms with van der Waals surface area (Å²) in [7, 11) is 0. The van der Waals surface area contributed by atoms with Crippen LogP contribution in [-0.2, 0) is 17.8 Å². The van der Waals surface area contributed by atoms with Crippen LogP contribution in [0.3, 0.4) is 0 Å². The summed E-state index contributed by atoms with van der Waals surface area (Å²) < 4.78 is 2.02. The number of hydrogen-bond acceptors (Lipinski definition) is 4. The lowest BCUT2D eigenvalue weighted by Crippen LogP contribution is -2.20. The van der Waals surface area contributed by atoms with Gasteiger partial charge in [-0.3, -0.25) is 4.79 Å². The number of hydrogen-bond donors (Lipinski definition) is 0. The van der Waals surface area contributed by atoms with E-state index >= 15 is 0 Å². The van der Waals surface area contributed by atoms with Crippen molar-refractivity contribution < 1.29 is 4.79 Å². The van der Waals surface area contributed by atoms with Gasteiger partial charge in [-0.2, -0.15) is 5.26 Å². The van der Waals surface area contributed by atoms with E-state index in [-0.39, 0.29) is 23.0 Å². The summed E-state index contributed by atoms with van der Waals surface area (Å²) in [5.74, 6) is 0.797. The molecule has 1 aromatic rings. The van der Waals surface area contributed by atoms with E-state index in [1.165, 1.54) is 5.57 Å². The molecule has 0 amide bonds. The minimum absolute atomic E-state index is 0.00412. The van der Waals surface area contributed by atoms with Crippen LogP contribution in [0.5, 0.6) is 0 Å². The third-order valence-corrected chi connectivity index (χ3v) is 5.54. The second-order valence-electron chi connectivity index (χ2n) is 7.97. The molecule has 1 aromatic heterocycles. The van der Waals surface area contributed by atoms with Gasteiger partial charge in [-0.05, 0) is 38.0 Å². The molecule has 0 spiro atoms. The van der Waals surface area contributed by atoms with Gasteiger partial charge in [0.2, 0.25) is 0 Å². The zero-order valence-corrected chi connectivity index (χ0v) is 15.0. The summed E-state index contributed by atoms with van der Waals surface area (Å²) >= 11 is 0. The standard InChI is InChI=1S/C19H26N4O/c1-12(2)10-14-16(19(14,3)4)17(24)13(11-20)18-22-21-15-8-6-5-7-9-23(15)18/h10,13-14,16H,5-9H2,1-4H3/t13-,14-,16-/m1/s1. The number of aryl methyl sites for hydroxylation is 1. The summed E-state index contributed by atoms with van der Waals surface area (Å²) in [5.41, 5.74) is 1.14. The van der Waals surface area contributed by atoms with Crippen LogP contribution in [0.25, 0.3) is 0 Å². The predicted molar refractivity (Wildman–Crippen MR) is 91.1 cm³/mol. The number of carbonyl (C=O) groups excluding carboxylic acids is 1. The molecular weight excluding hydrogens is 300 g/mol. The first-order valence-electron chi connectivity index (χ1n) is 8.88. The Morgan fingerprint density at radius 3 is 2.75 bits per heavy atom. The Labute approximate surface area is 143 Å². The van der Waals surface area contributed by atoms with Crippen LogP contribution in [0.4, 0.5) is 0 Å². The molecule has 2 aliphatic rings. The van der Waals surface area contributed by atoms with E-state index in [4.69, 9.17) is 0 Å². The molecule has 5 heteroatoms. The molecule has 0 bridgehead atoms. The average Bonchev–Trinajstić information content (AvgIpc) is 2.96. The first-order valence-corrected chi connectivity index (χ1v) is 8.88. The minimum Gasteiger partial charge on any atom is -0.313 e. The average molecular weight is 326 g/mol. The highest BCUT2D eigenvalue weighted by Gasteiger charge is 2.61. The largest absolute Gasteiger partial charge is 0.313 e. The van der Waals surface area contributed by atoms with Crippen molar-refractivity contribution in [2.24, 2.45) is 17.3 Å². The molecule has 1 fully saturated rings. The van der Waals surface area contributed by atoms with Gasteiger partial charge in [0.05, 0.1) is 6.07 Å². The number of nitriles is 1. The molecule has 1 aliphatic carbocycles. The maximum atomic E-state index is 13.1. The van der Waals surface area contributed by atoms with Crippen molar-refractivity contribution in [3.8, 4) is 6.07 Å². The first-order chi connectivity index (χ1) is 11.4. The molecule has 1 saturated carbocycles. The van der Waals surface area contributed by atoms with Gasteiger partial charge in [-0.25, -0.2) is 0 Å². The van der Waals surface area contributed by atoms with Crippen molar-refractivity contribution in [2.45, 2.75) is 65.8 Å². The molecule has 0 saturated heterocycles. The van der Waals surface area contributed by atoms with Gasteiger partial charge in [0, 0.05) is 18.9 Å². The van der Waals surface area contributed by atoms with Crippen LogP contribution in [0.2, 0.25) is 0 Å². The van der Waals surface area contributed by atoms with Gasteiger partial charge in [-0.1, -0.05) is 31.9 Å². The van der Waals surface area contributed by atoms with E-state index in [1.54, 1.807) is 0 Å². The Morgan fingerprint density at radius 1 is 1.33 bits per heavy atom. The number of ketones is 1. The molecule has 1 aliphatic heterocycles. The van der Waals surface area contributed by atoms with Gasteiger partial charge in [0.1, 0.15) is 5.82 Å². The van der Waals surface area contributed by atoms with Crippen LogP contribution in [0.15, 0.2) is 11.6 Å². The van der Waals surface area contributed by atoms with Gasteiger partial charge in [-0.15, -0.1) is 10.2 Å². The number of rotatable bonds is 4. The van der Waals surface area contributed by atoms with Crippen LogP contribution in [0, 0.1) is 28.6 Å². The lowest BCUT2D eigenvalue weighted by Gasteiger charge is -2.11. The van der Waals surface area contributed by atoms with Crippen molar-refractivity contribution in [2.75, 3.05) is 0 Å². The SMILES string of the molecule is CC(C)=C[C@@H]1[C@H](C(=O)[C@@H](C#N)c2nnc3n2CCCCC3)C1(C)C. The van der Waals surface area contributed by atoms with Crippen LogP contribution in [0.1, 0.15) is 64.5 Å². The van der Waals surface area contributed by atoms with Crippen molar-refractivity contribution >= 4 is 5.78 Å². The van der Waals surface area contributed by atoms with E-state index < -0.39 is 5.92 Å². The van der Waals surface area contributed by atoms with E-state index in [2.05, 4.69) is 50.0 Å². The molecule has 3 atom stereocenters. The van der Waals surface area contributed by atoms with E-state index in [0.717, 1.165) is 38.1 Å². The highest BCUT2D eigenvalue weighted by atomic mass is 16.1. The van der Waals surface area contributed by atoms with Crippen molar-refractivity contribution in [1.29, 1.82) is 5.26 Å². The van der Waals surface area contributed by atoms with Gasteiger partial charge in [0.15, 0.2) is 17.5 Å². The number of fused-ring (bicyclic) bond motifs is 1. The minimum atomic E-state index is -0.802. The number of nitrogens with zero attached hydrogens (tertiary/aromatic N) is 4. The third-order valence-electron chi connectivity index (χ3n) is 5.54. The lowest BCUT2D eigenvalue weighted by molar-refractivity contribution is -0.121. The topological polar surface area (TPSA) is 71.6 Å². The summed E-state index contributed by atoms with van der Waals surface area (Å²) in [6.07, 6.45) is 6.36. The fourth-order valence-corrected chi connectivity index (χ4v) is 4.04. The smallest absolute Gasteiger partial charge is 0.165 e. The monoisotopic (exact) mass is 326 g/mol. The van der Waals surface area contributed by atoms with Crippen LogP contribution >= 0.6 is 0 Å². The molecule has 5 nitrogen and oxygen atoms in total. The normalized spacial score (nSPS) is 25.8. The fourth-order valence-electron chi connectivity index (χ4n) is 4.04. The van der Waals surface area contributed by atoms with Crippen LogP contribution < -0.4 is 0 Å². The highest BCUT2D eigenvalue weighted by molar-refractivity contribution is 5.93. The Balaban J connectivity index is 1.88. The predicted octanol–water partition coefficient (Wildman–Crippen LogP) is 3.42. The maximum absolute atomic E-state index is 13.1. The molecule has 0 radical (unpaired) electrons. The highest BCUT2D eigenvalue weighted by Crippen LogP contribution is 2.61. The van der Waals surface area contributed by atoms with E-state index in [0.29, 0.717) is 5.82 Å². The second kappa shape index (κ2) is 6.16. The van der Waals surface area contributed by atoms with E-state index in [9.17, 15) is 10.1 Å². The Bertz CT molecular complexity index is 718. The maximum Gasteiger partial charge on any atom is 0.165 e. The summed E-state index contributed by atoms with van der Waals surface area (Å²) in [5, 5.41) is 18.2. The Morgan fingerprint density at radius 2 is 2.08 bits per heavy atom. The number of carbonyl (C=O) groups is 1. The molecule has 0 aromatic carbocycles. The quantitative estimate of drug-likeness (QED) is 0.795. The Kier molecular flexibility index (Phi) is 4.33. The molecule has 2 heterocycles. The van der Waals surface area contributed by atoms with E-state index in [1.807, 2.05) is 4.57 Å². The molecule has 0 N–H and O–H groups in total. The summed E-state index contributed by atoms with van der Waals surface area (Å²) in [6, 6.07) is 2.21. The van der Waals surface area contributed by atoms with Crippen molar-refractivity contribution in [3.05, 3.63) is 23.3 Å². The Hall–Kier alpha value is -1.96. The zero-order valence-electron chi connectivity index (χ0n) is 15.0. The second-order valence-corrected chi connectivity index (χ2v) is 7.97. The molecule has 24 heavy (non-hydrogen) atoms. The van der Waals surface area contributed by atoms with Gasteiger partial charge in [0.25, 0.3) is 0 Å². The summed E-state index contributed by atoms with van der Waals surface area (Å²) in [4.78, 5) is 13.1. The number of aromatic nitrogens is 3. The van der Waals surface area contributed by atoms with Crippen LogP contribution in [-0.4, -0.2) is 20.5 Å². The fraction of sp³-hybridized carbons (Fsp3) is 0.684. The molecule has 128 valence electrons. The van der Waals surface area contributed by atoms with Gasteiger partial charge >= 0.3 is 0 Å². The molecule has 0 unspecified atom stereocenters. The lowest BCUT2D eigenvalue weighted by atomic mass is 9.96. The van der Waals surface area contributed by atoms with Gasteiger partial charge < -0.3 is 4.57 Å². The summed E-state index contributed by atoms with van der Waals surface area (Å²) in [6.45, 7) is 9.14. The molecular formula is C19H26N4O.